The van der Waals surface area contributed by atoms with Crippen LogP contribution in [0.4, 0.5) is 0 Å². The van der Waals surface area contributed by atoms with E-state index in [1.807, 2.05) is 6.92 Å². The number of unbranched alkanes of at least 4 members (excludes halogenated alkanes) is 1. The molecule has 5 N–H and O–H groups in total. The number of hydrogen-bond donors (Lipinski definition) is 3. The van der Waals surface area contributed by atoms with Crippen molar-refractivity contribution in [2.45, 2.75) is 64.1 Å². The zero-order chi connectivity index (χ0) is 16.1. The number of aromatic amines is 1. The van der Waals surface area contributed by atoms with Gasteiger partial charge in [-0.25, -0.2) is 4.79 Å². The summed E-state index contributed by atoms with van der Waals surface area (Å²) in [7, 11) is 0. The molecule has 7 heteroatoms. The van der Waals surface area contributed by atoms with Gasteiger partial charge in [-0.1, -0.05) is 19.8 Å². The van der Waals surface area contributed by atoms with E-state index in [1.54, 1.807) is 0 Å². The van der Waals surface area contributed by atoms with Crippen LogP contribution in [0.25, 0.3) is 0 Å². The Kier molecular flexibility index (Phi) is 5.54. The summed E-state index contributed by atoms with van der Waals surface area (Å²) in [5.74, 6) is -0.303. The molecule has 1 heterocycles. The fourth-order valence-corrected chi connectivity index (χ4v) is 2.77. The van der Waals surface area contributed by atoms with Crippen LogP contribution in [0, 0.1) is 0 Å². The second-order valence-electron chi connectivity index (χ2n) is 5.89. The van der Waals surface area contributed by atoms with E-state index in [2.05, 4.69) is 15.7 Å². The van der Waals surface area contributed by atoms with Gasteiger partial charge in [0, 0.05) is 19.2 Å². The Hall–Kier alpha value is -1.89. The molecule has 7 nitrogen and oxygen atoms in total. The van der Waals surface area contributed by atoms with Crippen LogP contribution >= 0.6 is 0 Å². The van der Waals surface area contributed by atoms with E-state index in [-0.39, 0.29) is 23.5 Å². The van der Waals surface area contributed by atoms with E-state index in [1.165, 1.54) is 10.8 Å². The van der Waals surface area contributed by atoms with Crippen LogP contribution in [0.15, 0.2) is 14.6 Å². The van der Waals surface area contributed by atoms with Crippen LogP contribution in [0.1, 0.15) is 51.0 Å². The lowest BCUT2D eigenvalue weighted by Crippen LogP contribution is -2.66. The molecule has 22 heavy (non-hydrogen) atoms. The van der Waals surface area contributed by atoms with Crippen LogP contribution in [0.5, 0.6) is 5.88 Å². The monoisotopic (exact) mass is 309 g/mol. The van der Waals surface area contributed by atoms with E-state index in [4.69, 9.17) is 0 Å². The topological polar surface area (TPSA) is 115 Å². The van der Waals surface area contributed by atoms with Gasteiger partial charge in [-0.3, -0.25) is 19.3 Å². The standard InChI is InChI=1S/C15H24N4O3/c1-2-3-8-19-14(21)10(13(20)18-15(19)22)9-17-12-7-5-4-6-11(12)16/h9,11-12,21H,2-8,16H2,1H3,(H,18,20,22)/p+1/t11-,12-/m0/s1. The summed E-state index contributed by atoms with van der Waals surface area (Å²) < 4.78 is 1.19. The average molecular weight is 309 g/mol. The third kappa shape index (κ3) is 3.65. The molecular weight excluding hydrogens is 284 g/mol. The van der Waals surface area contributed by atoms with Gasteiger partial charge in [0.25, 0.3) is 5.56 Å². The highest BCUT2D eigenvalue weighted by Crippen LogP contribution is 2.19. The number of H-pyrrole nitrogens is 1. The largest absolute Gasteiger partial charge is 0.494 e. The predicted molar refractivity (Wildman–Crippen MR) is 84.4 cm³/mol. The van der Waals surface area contributed by atoms with Crippen LogP contribution < -0.4 is 17.0 Å². The van der Waals surface area contributed by atoms with Crippen molar-refractivity contribution in [1.29, 1.82) is 0 Å². The average Bonchev–Trinajstić information content (AvgIpc) is 2.48. The van der Waals surface area contributed by atoms with E-state index >= 15 is 0 Å². The van der Waals surface area contributed by atoms with E-state index in [0.717, 1.165) is 38.5 Å². The lowest BCUT2D eigenvalue weighted by molar-refractivity contribution is -0.428. The molecule has 2 rings (SSSR count). The number of aromatic hydroxyl groups is 1. The molecule has 2 atom stereocenters. The highest BCUT2D eigenvalue weighted by atomic mass is 16.3. The minimum absolute atomic E-state index is 0.0495. The Morgan fingerprint density at radius 1 is 1.41 bits per heavy atom. The number of aliphatic imine (C=N–C) groups is 1. The lowest BCUT2D eigenvalue weighted by Gasteiger charge is -2.22. The van der Waals surface area contributed by atoms with Crippen molar-refractivity contribution in [3.63, 3.8) is 0 Å². The zero-order valence-electron chi connectivity index (χ0n) is 13.0. The summed E-state index contributed by atoms with van der Waals surface area (Å²) in [6, 6.07) is 0.306. The Balaban J connectivity index is 2.30. The summed E-state index contributed by atoms with van der Waals surface area (Å²) in [6.07, 6.45) is 7.27. The third-order valence-corrected chi connectivity index (χ3v) is 4.21. The second kappa shape index (κ2) is 7.40. The lowest BCUT2D eigenvalue weighted by atomic mass is 9.91. The van der Waals surface area contributed by atoms with Crippen molar-refractivity contribution in [1.82, 2.24) is 9.55 Å². The molecule has 1 saturated carbocycles. The molecule has 122 valence electrons. The van der Waals surface area contributed by atoms with Crippen molar-refractivity contribution >= 4 is 6.21 Å². The molecule has 1 fully saturated rings. The molecule has 1 aromatic heterocycles. The molecule has 0 amide bonds. The Morgan fingerprint density at radius 3 is 2.82 bits per heavy atom. The maximum Gasteiger partial charge on any atom is 0.331 e. The van der Waals surface area contributed by atoms with Crippen LogP contribution in [0.2, 0.25) is 0 Å². The first kappa shape index (κ1) is 16.5. The molecule has 0 radical (unpaired) electrons. The number of quaternary nitrogens is 1. The minimum atomic E-state index is -0.601. The smallest absolute Gasteiger partial charge is 0.331 e. The van der Waals surface area contributed by atoms with Crippen molar-refractivity contribution < 1.29 is 10.8 Å². The molecular formula is C15H25N4O3+. The minimum Gasteiger partial charge on any atom is -0.494 e. The normalized spacial score (nSPS) is 22.3. The summed E-state index contributed by atoms with van der Waals surface area (Å²) in [5, 5.41) is 10.2. The van der Waals surface area contributed by atoms with Gasteiger partial charge in [0.05, 0.1) is 0 Å². The number of rotatable bonds is 5. The van der Waals surface area contributed by atoms with Gasteiger partial charge < -0.3 is 10.8 Å². The predicted octanol–water partition coefficient (Wildman–Crippen LogP) is 0.0143. The Bertz CT molecular complexity index is 647. The van der Waals surface area contributed by atoms with Crippen LogP contribution in [-0.4, -0.2) is 33.0 Å². The first-order valence-electron chi connectivity index (χ1n) is 7.97. The molecule has 0 saturated heterocycles. The van der Waals surface area contributed by atoms with E-state index in [0.29, 0.717) is 6.54 Å². The Labute approximate surface area is 128 Å². The fourth-order valence-electron chi connectivity index (χ4n) is 2.77. The SMILES string of the molecule is CCCCn1c(O)c(C=N[C@H]2CCCC[C@@H]2[NH3+])c(=O)[nH]c1=O. The van der Waals surface area contributed by atoms with Crippen molar-refractivity contribution in [2.24, 2.45) is 4.99 Å². The van der Waals surface area contributed by atoms with E-state index < -0.39 is 11.2 Å². The van der Waals surface area contributed by atoms with Crippen LogP contribution in [-0.2, 0) is 6.54 Å². The highest BCUT2D eigenvalue weighted by molar-refractivity contribution is 5.82. The number of hydrogen-bond acceptors (Lipinski definition) is 4. The molecule has 1 aliphatic rings. The first-order chi connectivity index (χ1) is 10.5. The van der Waals surface area contributed by atoms with Gasteiger partial charge in [0.2, 0.25) is 5.88 Å². The molecule has 1 aliphatic carbocycles. The number of nitrogens with zero attached hydrogens (tertiary/aromatic N) is 2. The van der Waals surface area contributed by atoms with Gasteiger partial charge in [-0.2, -0.15) is 0 Å². The number of nitrogens with one attached hydrogen (secondary N) is 1. The maximum absolute atomic E-state index is 11.9. The molecule has 0 aromatic carbocycles. The summed E-state index contributed by atoms with van der Waals surface area (Å²) in [4.78, 5) is 30.3. The van der Waals surface area contributed by atoms with Gasteiger partial charge in [0.1, 0.15) is 17.6 Å². The molecule has 1 aromatic rings. The number of aromatic nitrogens is 2. The van der Waals surface area contributed by atoms with Crippen molar-refractivity contribution in [3.8, 4) is 5.88 Å². The van der Waals surface area contributed by atoms with Crippen LogP contribution in [0.3, 0.4) is 0 Å². The van der Waals surface area contributed by atoms with E-state index in [9.17, 15) is 14.7 Å². The van der Waals surface area contributed by atoms with Gasteiger partial charge in [-0.05, 0) is 19.3 Å². The maximum atomic E-state index is 11.9. The molecule has 0 aliphatic heterocycles. The van der Waals surface area contributed by atoms with Gasteiger partial charge in [0.15, 0.2) is 0 Å². The summed E-state index contributed by atoms with van der Waals surface area (Å²) >= 11 is 0. The third-order valence-electron chi connectivity index (χ3n) is 4.21. The Morgan fingerprint density at radius 2 is 2.14 bits per heavy atom. The fraction of sp³-hybridized carbons (Fsp3) is 0.667. The highest BCUT2D eigenvalue weighted by Gasteiger charge is 2.24. The van der Waals surface area contributed by atoms with Gasteiger partial charge in [-0.15, -0.1) is 0 Å². The van der Waals surface area contributed by atoms with Gasteiger partial charge >= 0.3 is 5.69 Å². The summed E-state index contributed by atoms with van der Waals surface area (Å²) in [5.41, 5.74) is 2.96. The van der Waals surface area contributed by atoms with Crippen molar-refractivity contribution in [3.05, 3.63) is 26.4 Å². The molecule has 0 unspecified atom stereocenters. The summed E-state index contributed by atoms with van der Waals surface area (Å²) in [6.45, 7) is 2.37. The molecule has 0 bridgehead atoms. The second-order valence-corrected chi connectivity index (χ2v) is 5.89. The first-order valence-corrected chi connectivity index (χ1v) is 7.97. The van der Waals surface area contributed by atoms with Crippen molar-refractivity contribution in [2.75, 3.05) is 0 Å². The molecule has 0 spiro atoms. The zero-order valence-corrected chi connectivity index (χ0v) is 13.0. The quantitative estimate of drug-likeness (QED) is 0.666.